The van der Waals surface area contributed by atoms with Crippen LogP contribution in [0.5, 0.6) is 5.75 Å². The van der Waals surface area contributed by atoms with Gasteiger partial charge in [0.1, 0.15) is 0 Å². The Balaban J connectivity index is 1.56. The molecule has 0 radical (unpaired) electrons. The smallest absolute Gasteiger partial charge is 0.225 e. The number of hydrogen-bond donors (Lipinski definition) is 1. The number of ether oxygens (including phenoxy) is 1. The van der Waals surface area contributed by atoms with Crippen molar-refractivity contribution in [2.45, 2.75) is 18.8 Å². The third-order valence-corrected chi connectivity index (χ3v) is 3.85. The van der Waals surface area contributed by atoms with Gasteiger partial charge >= 0.3 is 0 Å². The number of nitrogens with one attached hydrogen (secondary N) is 1. The SMILES string of the molecule is COc1cccnc1NC(=O)C[C@@H]1C[C@H]1c1ccccc1. The standard InChI is InChI=1S/C17H18N2O2/c1-21-15-8-5-9-18-17(15)19-16(20)11-13-10-14(13)12-6-3-2-4-7-12/h2-9,13-14H,10-11H2,1H3,(H,18,19,20)/t13-,14-/m0/s1. The molecule has 1 N–H and O–H groups in total. The predicted octanol–water partition coefficient (Wildman–Crippen LogP) is 3.22. The first-order valence-electron chi connectivity index (χ1n) is 7.11. The minimum Gasteiger partial charge on any atom is -0.493 e. The fraction of sp³-hybridized carbons (Fsp3) is 0.294. The lowest BCUT2D eigenvalue weighted by Gasteiger charge is -2.08. The van der Waals surface area contributed by atoms with Crippen molar-refractivity contribution in [1.82, 2.24) is 4.98 Å². The average Bonchev–Trinajstić information content (AvgIpc) is 3.27. The lowest BCUT2D eigenvalue weighted by Crippen LogP contribution is -2.14. The van der Waals surface area contributed by atoms with E-state index in [0.717, 1.165) is 6.42 Å². The molecule has 1 aliphatic rings. The van der Waals surface area contributed by atoms with Gasteiger partial charge in [-0.3, -0.25) is 4.79 Å². The lowest BCUT2D eigenvalue weighted by atomic mass is 10.1. The van der Waals surface area contributed by atoms with Crippen molar-refractivity contribution < 1.29 is 9.53 Å². The molecule has 1 saturated carbocycles. The van der Waals surface area contributed by atoms with Gasteiger partial charge in [0.2, 0.25) is 5.91 Å². The Bertz CT molecular complexity index is 628. The first kappa shape index (κ1) is 13.6. The average molecular weight is 282 g/mol. The van der Waals surface area contributed by atoms with Crippen LogP contribution >= 0.6 is 0 Å². The summed E-state index contributed by atoms with van der Waals surface area (Å²) in [7, 11) is 1.57. The second-order valence-electron chi connectivity index (χ2n) is 5.32. The number of benzene rings is 1. The summed E-state index contributed by atoms with van der Waals surface area (Å²) in [5, 5.41) is 2.83. The van der Waals surface area contributed by atoms with Gasteiger partial charge in [-0.15, -0.1) is 0 Å². The van der Waals surface area contributed by atoms with Crippen molar-refractivity contribution in [2.75, 3.05) is 12.4 Å². The van der Waals surface area contributed by atoms with E-state index in [1.165, 1.54) is 5.56 Å². The van der Waals surface area contributed by atoms with E-state index in [2.05, 4.69) is 22.4 Å². The summed E-state index contributed by atoms with van der Waals surface area (Å²) < 4.78 is 5.18. The van der Waals surface area contributed by atoms with Crippen LogP contribution in [0, 0.1) is 5.92 Å². The molecule has 1 amide bonds. The minimum absolute atomic E-state index is 0.00423. The molecule has 108 valence electrons. The number of carbonyl (C=O) groups excluding carboxylic acids is 1. The second kappa shape index (κ2) is 5.95. The molecule has 0 unspecified atom stereocenters. The van der Waals surface area contributed by atoms with E-state index in [4.69, 9.17) is 4.74 Å². The van der Waals surface area contributed by atoms with Crippen LogP contribution in [-0.2, 0) is 4.79 Å². The summed E-state index contributed by atoms with van der Waals surface area (Å²) in [6.07, 6.45) is 3.25. The largest absolute Gasteiger partial charge is 0.493 e. The summed E-state index contributed by atoms with van der Waals surface area (Å²) >= 11 is 0. The summed E-state index contributed by atoms with van der Waals surface area (Å²) in [6, 6.07) is 13.9. The highest BCUT2D eigenvalue weighted by Gasteiger charge is 2.39. The Hall–Kier alpha value is -2.36. The van der Waals surface area contributed by atoms with Crippen molar-refractivity contribution in [3.8, 4) is 5.75 Å². The van der Waals surface area contributed by atoms with Crippen molar-refractivity contribution in [2.24, 2.45) is 5.92 Å². The number of methoxy groups -OCH3 is 1. The van der Waals surface area contributed by atoms with Gasteiger partial charge in [-0.25, -0.2) is 4.98 Å². The second-order valence-corrected chi connectivity index (χ2v) is 5.32. The minimum atomic E-state index is -0.00423. The highest BCUT2D eigenvalue weighted by atomic mass is 16.5. The van der Waals surface area contributed by atoms with Crippen molar-refractivity contribution in [3.05, 3.63) is 54.2 Å². The molecule has 4 nitrogen and oxygen atoms in total. The number of amides is 1. The first-order valence-corrected chi connectivity index (χ1v) is 7.11. The van der Waals surface area contributed by atoms with Gasteiger partial charge in [0, 0.05) is 12.6 Å². The maximum Gasteiger partial charge on any atom is 0.225 e. The number of aromatic nitrogens is 1. The zero-order valence-corrected chi connectivity index (χ0v) is 12.0. The highest BCUT2D eigenvalue weighted by Crippen LogP contribution is 2.49. The van der Waals surface area contributed by atoms with E-state index in [1.54, 1.807) is 25.4 Å². The molecule has 2 aromatic rings. The monoisotopic (exact) mass is 282 g/mol. The molecule has 1 fully saturated rings. The molecule has 1 aromatic heterocycles. The summed E-state index contributed by atoms with van der Waals surface area (Å²) in [5.41, 5.74) is 1.32. The van der Waals surface area contributed by atoms with E-state index in [9.17, 15) is 4.79 Å². The number of carbonyl (C=O) groups is 1. The fourth-order valence-corrected chi connectivity index (χ4v) is 2.65. The Morgan fingerprint density at radius 3 is 2.86 bits per heavy atom. The van der Waals surface area contributed by atoms with E-state index >= 15 is 0 Å². The van der Waals surface area contributed by atoms with E-state index < -0.39 is 0 Å². The highest BCUT2D eigenvalue weighted by molar-refractivity contribution is 5.91. The zero-order valence-electron chi connectivity index (χ0n) is 12.0. The van der Waals surface area contributed by atoms with E-state index in [0.29, 0.717) is 29.8 Å². The normalized spacial score (nSPS) is 19.9. The molecular weight excluding hydrogens is 264 g/mol. The summed E-state index contributed by atoms with van der Waals surface area (Å²) in [6.45, 7) is 0. The summed E-state index contributed by atoms with van der Waals surface area (Å²) in [5.74, 6) is 2.02. The van der Waals surface area contributed by atoms with Gasteiger partial charge in [-0.1, -0.05) is 30.3 Å². The number of hydrogen-bond acceptors (Lipinski definition) is 3. The van der Waals surface area contributed by atoms with E-state index in [-0.39, 0.29) is 5.91 Å². The van der Waals surface area contributed by atoms with Crippen LogP contribution in [0.3, 0.4) is 0 Å². The first-order chi connectivity index (χ1) is 10.3. The van der Waals surface area contributed by atoms with Crippen molar-refractivity contribution in [3.63, 3.8) is 0 Å². The molecule has 1 heterocycles. The number of anilines is 1. The molecule has 2 atom stereocenters. The van der Waals surface area contributed by atoms with Gasteiger partial charge in [0.05, 0.1) is 7.11 Å². The molecule has 0 aliphatic heterocycles. The third-order valence-electron chi connectivity index (χ3n) is 3.85. The Morgan fingerprint density at radius 2 is 2.10 bits per heavy atom. The van der Waals surface area contributed by atoms with Gasteiger partial charge in [-0.05, 0) is 36.0 Å². The molecule has 3 rings (SSSR count). The Labute approximate surface area is 124 Å². The van der Waals surface area contributed by atoms with E-state index in [1.807, 2.05) is 18.2 Å². The number of rotatable bonds is 5. The van der Waals surface area contributed by atoms with Crippen molar-refractivity contribution >= 4 is 11.7 Å². The topological polar surface area (TPSA) is 51.2 Å². The van der Waals surface area contributed by atoms with Crippen LogP contribution in [0.1, 0.15) is 24.3 Å². The van der Waals surface area contributed by atoms with Crippen molar-refractivity contribution in [1.29, 1.82) is 0 Å². The fourth-order valence-electron chi connectivity index (χ4n) is 2.65. The molecule has 0 bridgehead atoms. The molecule has 4 heteroatoms. The van der Waals surface area contributed by atoms with Gasteiger partial charge in [-0.2, -0.15) is 0 Å². The van der Waals surface area contributed by atoms with Crippen LogP contribution < -0.4 is 10.1 Å². The van der Waals surface area contributed by atoms with Crippen LogP contribution in [0.25, 0.3) is 0 Å². The Morgan fingerprint density at radius 1 is 1.29 bits per heavy atom. The number of pyridine rings is 1. The van der Waals surface area contributed by atoms with Crippen LogP contribution in [0.15, 0.2) is 48.7 Å². The summed E-state index contributed by atoms with van der Waals surface area (Å²) in [4.78, 5) is 16.2. The molecule has 1 aliphatic carbocycles. The van der Waals surface area contributed by atoms with Gasteiger partial charge < -0.3 is 10.1 Å². The van der Waals surface area contributed by atoms with Crippen LogP contribution in [0.2, 0.25) is 0 Å². The lowest BCUT2D eigenvalue weighted by molar-refractivity contribution is -0.116. The van der Waals surface area contributed by atoms with Gasteiger partial charge in [0.15, 0.2) is 11.6 Å². The van der Waals surface area contributed by atoms with Gasteiger partial charge in [0.25, 0.3) is 0 Å². The maximum absolute atomic E-state index is 12.1. The maximum atomic E-state index is 12.1. The third kappa shape index (κ3) is 3.21. The molecular formula is C17H18N2O2. The molecule has 21 heavy (non-hydrogen) atoms. The zero-order chi connectivity index (χ0) is 14.7. The molecule has 0 spiro atoms. The quantitative estimate of drug-likeness (QED) is 0.916. The Kier molecular flexibility index (Phi) is 3.86. The predicted molar refractivity (Wildman–Crippen MR) is 81.3 cm³/mol. The van der Waals surface area contributed by atoms with Crippen LogP contribution in [0.4, 0.5) is 5.82 Å². The molecule has 0 saturated heterocycles. The number of nitrogens with zero attached hydrogens (tertiary/aromatic N) is 1. The molecule has 1 aromatic carbocycles. The van der Waals surface area contributed by atoms with Crippen LogP contribution in [-0.4, -0.2) is 18.0 Å².